The fraction of sp³-hybridized carbons (Fsp3) is 0.100. The van der Waals surface area contributed by atoms with Gasteiger partial charge in [0.25, 0.3) is 0 Å². The molecule has 0 amide bonds. The number of halogens is 1. The predicted octanol–water partition coefficient (Wildman–Crippen LogP) is 4.41. The first-order valence-corrected chi connectivity index (χ1v) is 8.27. The second-order valence-corrected chi connectivity index (χ2v) is 6.03. The molecular formula is C20H17FN4O. The summed E-state index contributed by atoms with van der Waals surface area (Å²) in [5, 5.41) is 17.7. The van der Waals surface area contributed by atoms with Crippen molar-refractivity contribution in [1.29, 1.82) is 0 Å². The average Bonchev–Trinajstić information content (AvgIpc) is 3.11. The van der Waals surface area contributed by atoms with Crippen molar-refractivity contribution >= 4 is 11.5 Å². The maximum Gasteiger partial charge on any atom is 0.157 e. The molecule has 26 heavy (non-hydrogen) atoms. The van der Waals surface area contributed by atoms with Gasteiger partial charge in [0.15, 0.2) is 5.65 Å². The van der Waals surface area contributed by atoms with E-state index in [-0.39, 0.29) is 17.6 Å². The fourth-order valence-electron chi connectivity index (χ4n) is 2.98. The zero-order valence-electron chi connectivity index (χ0n) is 14.1. The molecule has 0 unspecified atom stereocenters. The van der Waals surface area contributed by atoms with Crippen molar-refractivity contribution in [2.24, 2.45) is 0 Å². The third-order valence-electron chi connectivity index (χ3n) is 4.28. The lowest BCUT2D eigenvalue weighted by molar-refractivity contribution is 0.465. The molecule has 0 fully saturated rings. The van der Waals surface area contributed by atoms with Crippen molar-refractivity contribution in [2.75, 3.05) is 5.32 Å². The van der Waals surface area contributed by atoms with E-state index in [1.165, 1.54) is 6.07 Å². The Morgan fingerprint density at radius 2 is 1.85 bits per heavy atom. The molecule has 2 N–H and O–H groups in total. The van der Waals surface area contributed by atoms with Gasteiger partial charge in [0, 0.05) is 23.3 Å². The largest absolute Gasteiger partial charge is 0.508 e. The molecule has 2 heterocycles. The summed E-state index contributed by atoms with van der Waals surface area (Å²) in [7, 11) is 0. The van der Waals surface area contributed by atoms with Crippen molar-refractivity contribution in [2.45, 2.75) is 13.0 Å². The normalized spacial score (nSPS) is 12.2. The molecule has 4 aromatic rings. The molecule has 0 bridgehead atoms. The van der Waals surface area contributed by atoms with Crippen LogP contribution in [0, 0.1) is 5.82 Å². The first-order chi connectivity index (χ1) is 12.6. The molecule has 0 aliphatic rings. The van der Waals surface area contributed by atoms with Crippen molar-refractivity contribution in [3.8, 4) is 17.0 Å². The van der Waals surface area contributed by atoms with Crippen LogP contribution in [0.25, 0.3) is 16.9 Å². The molecule has 130 valence electrons. The second-order valence-electron chi connectivity index (χ2n) is 6.03. The van der Waals surface area contributed by atoms with E-state index in [2.05, 4.69) is 15.4 Å². The molecule has 0 spiro atoms. The van der Waals surface area contributed by atoms with Gasteiger partial charge in [-0.3, -0.25) is 0 Å². The van der Waals surface area contributed by atoms with Crippen LogP contribution in [-0.2, 0) is 0 Å². The van der Waals surface area contributed by atoms with E-state index in [1.807, 2.05) is 19.1 Å². The van der Waals surface area contributed by atoms with Gasteiger partial charge in [0.1, 0.15) is 17.4 Å². The van der Waals surface area contributed by atoms with Crippen molar-refractivity contribution < 1.29 is 9.50 Å². The van der Waals surface area contributed by atoms with Crippen LogP contribution in [0.4, 0.5) is 10.2 Å². The number of aromatic hydroxyl groups is 1. The van der Waals surface area contributed by atoms with Gasteiger partial charge in [0.2, 0.25) is 0 Å². The van der Waals surface area contributed by atoms with Gasteiger partial charge >= 0.3 is 0 Å². The number of hydrogen-bond acceptors (Lipinski definition) is 4. The number of fused-ring (bicyclic) bond motifs is 1. The molecule has 2 aromatic heterocycles. The Morgan fingerprint density at radius 1 is 1.08 bits per heavy atom. The van der Waals surface area contributed by atoms with Crippen molar-refractivity contribution in [3.63, 3.8) is 0 Å². The maximum atomic E-state index is 14.2. The smallest absolute Gasteiger partial charge is 0.157 e. The highest BCUT2D eigenvalue weighted by atomic mass is 19.1. The summed E-state index contributed by atoms with van der Waals surface area (Å²) in [5.41, 5.74) is 2.31. The highest BCUT2D eigenvalue weighted by Crippen LogP contribution is 2.29. The Morgan fingerprint density at radius 3 is 2.65 bits per heavy atom. The molecule has 0 radical (unpaired) electrons. The third kappa shape index (κ3) is 2.86. The molecule has 2 aromatic carbocycles. The summed E-state index contributed by atoms with van der Waals surface area (Å²) >= 11 is 0. The Balaban J connectivity index is 1.78. The zero-order chi connectivity index (χ0) is 18.1. The van der Waals surface area contributed by atoms with Crippen LogP contribution in [0.15, 0.2) is 66.9 Å². The van der Waals surface area contributed by atoms with Gasteiger partial charge in [-0.1, -0.05) is 30.3 Å². The monoisotopic (exact) mass is 348 g/mol. The topological polar surface area (TPSA) is 62.5 Å². The predicted molar refractivity (Wildman–Crippen MR) is 98.5 cm³/mol. The fourth-order valence-corrected chi connectivity index (χ4v) is 2.98. The molecule has 0 saturated carbocycles. The van der Waals surface area contributed by atoms with E-state index in [4.69, 9.17) is 0 Å². The Kier molecular flexibility index (Phi) is 4.01. The van der Waals surface area contributed by atoms with Crippen LogP contribution in [-0.4, -0.2) is 19.7 Å². The minimum absolute atomic E-state index is 0.181. The Hall–Kier alpha value is -3.41. The SMILES string of the molecule is C[C@@H](Nc1cc(-c2ccccc2F)nc2ccnn12)c1ccccc1O. The summed E-state index contributed by atoms with van der Waals surface area (Å²) in [6, 6.07) is 17.0. The van der Waals surface area contributed by atoms with Gasteiger partial charge in [-0.2, -0.15) is 9.61 Å². The van der Waals surface area contributed by atoms with Gasteiger partial charge in [0.05, 0.1) is 17.9 Å². The number of para-hydroxylation sites is 1. The number of nitrogens with one attached hydrogen (secondary N) is 1. The number of nitrogens with zero attached hydrogens (tertiary/aromatic N) is 3. The van der Waals surface area contributed by atoms with Crippen molar-refractivity contribution in [1.82, 2.24) is 14.6 Å². The standard InChI is InChI=1S/C20H17FN4O/c1-13(14-6-3-5-9-18(14)26)23-20-12-17(15-7-2-4-8-16(15)21)24-19-10-11-22-25(19)20/h2-13,23,26H,1H3/t13-/m1/s1. The molecule has 4 rings (SSSR count). The number of phenols is 1. The van der Waals surface area contributed by atoms with E-state index in [0.717, 1.165) is 5.56 Å². The molecular weight excluding hydrogens is 331 g/mol. The minimum Gasteiger partial charge on any atom is -0.508 e. The summed E-state index contributed by atoms with van der Waals surface area (Å²) in [5.74, 6) is 0.546. The zero-order valence-corrected chi connectivity index (χ0v) is 14.1. The second kappa shape index (κ2) is 6.48. The van der Waals surface area contributed by atoms with Crippen molar-refractivity contribution in [3.05, 3.63) is 78.2 Å². The number of benzene rings is 2. The van der Waals surface area contributed by atoms with Crippen LogP contribution in [0.1, 0.15) is 18.5 Å². The van der Waals surface area contributed by atoms with Gasteiger partial charge < -0.3 is 10.4 Å². The van der Waals surface area contributed by atoms with Crippen LogP contribution in [0.3, 0.4) is 0 Å². The number of hydrogen-bond donors (Lipinski definition) is 2. The van der Waals surface area contributed by atoms with Gasteiger partial charge in [-0.05, 0) is 25.1 Å². The summed E-state index contributed by atoms with van der Waals surface area (Å²) in [4.78, 5) is 4.50. The first-order valence-electron chi connectivity index (χ1n) is 8.27. The summed E-state index contributed by atoms with van der Waals surface area (Å²) in [6.45, 7) is 1.94. The van der Waals surface area contributed by atoms with E-state index >= 15 is 0 Å². The lowest BCUT2D eigenvalue weighted by Gasteiger charge is -2.18. The van der Waals surface area contributed by atoms with Crippen LogP contribution >= 0.6 is 0 Å². The van der Waals surface area contributed by atoms with E-state index in [0.29, 0.717) is 22.7 Å². The van der Waals surface area contributed by atoms with Crippen LogP contribution < -0.4 is 5.32 Å². The average molecular weight is 348 g/mol. The molecule has 6 heteroatoms. The van der Waals surface area contributed by atoms with E-state index < -0.39 is 0 Å². The van der Waals surface area contributed by atoms with E-state index in [1.54, 1.807) is 53.2 Å². The summed E-state index contributed by atoms with van der Waals surface area (Å²) in [6.07, 6.45) is 1.64. The highest BCUT2D eigenvalue weighted by Gasteiger charge is 2.15. The highest BCUT2D eigenvalue weighted by molar-refractivity contribution is 5.67. The number of rotatable bonds is 4. The van der Waals surface area contributed by atoms with Gasteiger partial charge in [-0.25, -0.2) is 9.37 Å². The number of aromatic nitrogens is 3. The lowest BCUT2D eigenvalue weighted by Crippen LogP contribution is -2.11. The van der Waals surface area contributed by atoms with Crippen LogP contribution in [0.5, 0.6) is 5.75 Å². The van der Waals surface area contributed by atoms with Gasteiger partial charge in [-0.15, -0.1) is 0 Å². The molecule has 0 aliphatic carbocycles. The Labute approximate surface area is 149 Å². The quantitative estimate of drug-likeness (QED) is 0.573. The molecule has 1 atom stereocenters. The first kappa shape index (κ1) is 16.1. The molecule has 5 nitrogen and oxygen atoms in total. The summed E-state index contributed by atoms with van der Waals surface area (Å²) < 4.78 is 15.9. The minimum atomic E-state index is -0.330. The maximum absolute atomic E-state index is 14.2. The van der Waals surface area contributed by atoms with E-state index in [9.17, 15) is 9.50 Å². The number of anilines is 1. The third-order valence-corrected chi connectivity index (χ3v) is 4.28. The number of phenolic OH excluding ortho intramolecular Hbond substituents is 1. The van der Waals surface area contributed by atoms with Crippen LogP contribution in [0.2, 0.25) is 0 Å². The Bertz CT molecular complexity index is 1080. The molecule has 0 aliphatic heterocycles. The lowest BCUT2D eigenvalue weighted by atomic mass is 10.1. The molecule has 0 saturated heterocycles.